The first kappa shape index (κ1) is 37.2. The van der Waals surface area contributed by atoms with Gasteiger partial charge < -0.3 is 30.7 Å². The Morgan fingerprint density at radius 3 is 1.55 bits per heavy atom. The van der Waals surface area contributed by atoms with Crippen molar-refractivity contribution < 1.29 is 39.6 Å². The summed E-state index contributed by atoms with van der Waals surface area (Å²) in [4.78, 5) is 61.5. The number of nitrogens with one attached hydrogen (secondary N) is 2. The minimum Gasteiger partial charge on any atom is -0.478 e. The van der Waals surface area contributed by atoms with Crippen LogP contribution in [0.15, 0.2) is 167 Å². The zero-order valence-electron chi connectivity index (χ0n) is 31.3. The Morgan fingerprint density at radius 1 is 0.500 bits per heavy atom. The number of carboxylic acid groups (broad SMARTS) is 4. The number of aromatic carboxylic acids is 4. The van der Waals surface area contributed by atoms with Crippen LogP contribution in [-0.2, 0) is 11.1 Å². The predicted octanol–water partition coefficient (Wildman–Crippen LogP) is 6.18. The average Bonchev–Trinajstić information content (AvgIpc) is 4.05. The minimum atomic E-state index is -1.32. The number of carboxylic acids is 4. The van der Waals surface area contributed by atoms with Crippen LogP contribution in [0.3, 0.4) is 0 Å². The molecule has 12 heteroatoms. The number of benzene rings is 4. The molecule has 12 nitrogen and oxygen atoms in total. The monoisotopic (exact) mass is 792 g/mol. The fourth-order valence-electron chi connectivity index (χ4n) is 7.80. The van der Waals surface area contributed by atoms with Gasteiger partial charge in [0, 0.05) is 27.5 Å². The van der Waals surface area contributed by atoms with E-state index >= 15 is 0 Å². The van der Waals surface area contributed by atoms with Gasteiger partial charge in [-0.05, 0) is 132 Å². The van der Waals surface area contributed by atoms with Gasteiger partial charge in [-0.25, -0.2) is 24.2 Å². The lowest BCUT2D eigenvalue weighted by Gasteiger charge is -2.28. The number of carbonyl (C=O) groups is 4. The summed E-state index contributed by atoms with van der Waals surface area (Å²) in [6.45, 7) is 0. The SMILES string of the molecule is O=C(O)c1ccc(C2=CC3(c4ccc(C(=O)O)cc4)C=C4C=CC(=N4)C=c4ccc([nH]4)=CC4=NC(c5ccc(C(=O)O)cc5)(C=C2N3)C=C4c2ccc(C(=O)O)cc2)cc1. The van der Waals surface area contributed by atoms with E-state index in [0.717, 1.165) is 10.7 Å². The molecule has 292 valence electrons. The Morgan fingerprint density at radius 2 is 1.00 bits per heavy atom. The molecule has 1 aromatic heterocycles. The number of fused-ring (bicyclic) bond motifs is 6. The number of aromatic amines is 1. The predicted molar refractivity (Wildman–Crippen MR) is 225 cm³/mol. The van der Waals surface area contributed by atoms with Crippen molar-refractivity contribution in [3.8, 4) is 0 Å². The quantitative estimate of drug-likeness (QED) is 0.106. The van der Waals surface area contributed by atoms with Crippen molar-refractivity contribution in [2.75, 3.05) is 0 Å². The average molecular weight is 793 g/mol. The van der Waals surface area contributed by atoms with Crippen molar-refractivity contribution >= 4 is 58.6 Å². The van der Waals surface area contributed by atoms with Crippen LogP contribution in [0.2, 0.25) is 0 Å². The number of hydrogen-bond donors (Lipinski definition) is 6. The topological polar surface area (TPSA) is 202 Å². The van der Waals surface area contributed by atoms with Crippen LogP contribution >= 0.6 is 0 Å². The molecule has 4 aliphatic heterocycles. The van der Waals surface area contributed by atoms with Crippen LogP contribution in [0.5, 0.6) is 0 Å². The molecular weight excluding hydrogens is 761 g/mol. The number of aliphatic imine (C=N–C) groups is 2. The molecule has 2 unspecified atom stereocenters. The highest BCUT2D eigenvalue weighted by Gasteiger charge is 2.41. The van der Waals surface area contributed by atoms with Gasteiger partial charge in [-0.3, -0.25) is 4.99 Å². The molecule has 0 spiro atoms. The van der Waals surface area contributed by atoms with E-state index in [1.165, 1.54) is 48.5 Å². The number of nitrogens with zero attached hydrogens (tertiary/aromatic N) is 2. The minimum absolute atomic E-state index is 0.0755. The van der Waals surface area contributed by atoms with E-state index in [9.17, 15) is 39.6 Å². The highest BCUT2D eigenvalue weighted by Crippen LogP contribution is 2.46. The van der Waals surface area contributed by atoms with E-state index in [-0.39, 0.29) is 22.3 Å². The molecule has 0 saturated heterocycles. The van der Waals surface area contributed by atoms with Gasteiger partial charge in [0.25, 0.3) is 0 Å². The number of H-pyrrole nitrogens is 1. The van der Waals surface area contributed by atoms with Gasteiger partial charge in [0.05, 0.1) is 39.4 Å². The third kappa shape index (κ3) is 6.77. The first-order chi connectivity index (χ1) is 28.9. The Hall–Kier alpha value is -8.38. The smallest absolute Gasteiger partial charge is 0.335 e. The molecule has 2 atom stereocenters. The van der Waals surface area contributed by atoms with Crippen molar-refractivity contribution in [3.63, 3.8) is 0 Å². The Kier molecular flexibility index (Phi) is 8.82. The van der Waals surface area contributed by atoms with Gasteiger partial charge in [0.1, 0.15) is 11.1 Å². The molecule has 0 saturated carbocycles. The normalized spacial score (nSPS) is 19.9. The fraction of sp³-hybridized carbons (Fsp3) is 0.0417. The number of aromatic nitrogens is 1. The molecule has 5 heterocycles. The Balaban J connectivity index is 1.37. The standard InChI is InChI=1S/C48H32N4O8/c53-43(54)29-5-1-27(2-6-29)39-24-48(34-15-11-32(12-16-34)46(59)60)26-42-40(28-3-7-30(8-4-28)44(55)56)25-47(52-42,33-13-9-31(10-14-33)45(57)58)23-38-20-19-36(50-38)21-35-17-18-37(49-35)22-41(39)51-48/h1-26,49,52H,(H,53,54)(H,55,56)(H,57,58)(H,59,60). The van der Waals surface area contributed by atoms with Crippen LogP contribution in [0.1, 0.15) is 63.7 Å². The summed E-state index contributed by atoms with van der Waals surface area (Å²) in [5.74, 6) is -4.33. The third-order valence-corrected chi connectivity index (χ3v) is 10.8. The molecule has 0 aliphatic carbocycles. The summed E-state index contributed by atoms with van der Waals surface area (Å²) < 4.78 is 0. The number of hydrogen-bond acceptors (Lipinski definition) is 7. The van der Waals surface area contributed by atoms with E-state index < -0.39 is 35.0 Å². The van der Waals surface area contributed by atoms with E-state index in [2.05, 4.69) is 10.3 Å². The molecule has 9 rings (SSSR count). The summed E-state index contributed by atoms with van der Waals surface area (Å²) >= 11 is 0. The molecule has 4 aromatic carbocycles. The second kappa shape index (κ2) is 14.2. The number of rotatable bonds is 8. The van der Waals surface area contributed by atoms with Crippen LogP contribution < -0.4 is 16.0 Å². The molecule has 5 aromatic rings. The molecule has 8 bridgehead atoms. The summed E-state index contributed by atoms with van der Waals surface area (Å²) in [6.07, 6.45) is 15.4. The highest BCUT2D eigenvalue weighted by molar-refractivity contribution is 6.39. The van der Waals surface area contributed by atoms with Crippen molar-refractivity contribution in [2.24, 2.45) is 9.98 Å². The fourth-order valence-corrected chi connectivity index (χ4v) is 7.80. The van der Waals surface area contributed by atoms with E-state index in [4.69, 9.17) is 9.98 Å². The maximum atomic E-state index is 12.0. The third-order valence-electron chi connectivity index (χ3n) is 10.8. The van der Waals surface area contributed by atoms with Crippen LogP contribution in [-0.4, -0.2) is 60.7 Å². The molecular formula is C48H32N4O8. The second-order valence-corrected chi connectivity index (χ2v) is 14.6. The lowest BCUT2D eigenvalue weighted by molar-refractivity contribution is 0.0686. The summed E-state index contributed by atoms with van der Waals surface area (Å²) in [7, 11) is 0. The largest absolute Gasteiger partial charge is 0.478 e. The first-order valence-corrected chi connectivity index (χ1v) is 18.7. The van der Waals surface area contributed by atoms with Gasteiger partial charge in [0.2, 0.25) is 0 Å². The van der Waals surface area contributed by atoms with Gasteiger partial charge >= 0.3 is 23.9 Å². The van der Waals surface area contributed by atoms with Gasteiger partial charge in [-0.1, -0.05) is 48.5 Å². The molecule has 0 fully saturated rings. The zero-order chi connectivity index (χ0) is 41.8. The summed E-state index contributed by atoms with van der Waals surface area (Å²) in [5.41, 5.74) is 4.29. The van der Waals surface area contributed by atoms with E-state index in [0.29, 0.717) is 56.2 Å². The second-order valence-electron chi connectivity index (χ2n) is 14.6. The van der Waals surface area contributed by atoms with Crippen LogP contribution in [0, 0.1) is 0 Å². The number of allylic oxidation sites excluding steroid dienone is 4. The van der Waals surface area contributed by atoms with Crippen molar-refractivity contribution in [1.82, 2.24) is 10.3 Å². The van der Waals surface area contributed by atoms with Gasteiger partial charge in [-0.15, -0.1) is 0 Å². The Labute approximate surface area is 340 Å². The maximum Gasteiger partial charge on any atom is 0.335 e. The molecule has 0 radical (unpaired) electrons. The van der Waals surface area contributed by atoms with E-state index in [1.807, 2.05) is 60.7 Å². The highest BCUT2D eigenvalue weighted by atomic mass is 16.4. The molecule has 6 N–H and O–H groups in total. The van der Waals surface area contributed by atoms with Crippen molar-refractivity contribution in [2.45, 2.75) is 11.1 Å². The van der Waals surface area contributed by atoms with Gasteiger partial charge in [0.15, 0.2) is 0 Å². The lowest BCUT2D eigenvalue weighted by atomic mass is 9.86. The van der Waals surface area contributed by atoms with Crippen LogP contribution in [0.25, 0.3) is 23.3 Å². The zero-order valence-corrected chi connectivity index (χ0v) is 31.3. The van der Waals surface area contributed by atoms with Gasteiger partial charge in [-0.2, -0.15) is 0 Å². The maximum absolute atomic E-state index is 12.0. The first-order valence-electron chi connectivity index (χ1n) is 18.7. The Bertz CT molecular complexity index is 3040. The summed E-state index contributed by atoms with van der Waals surface area (Å²) in [6, 6.07) is 29.7. The molecule has 4 aliphatic rings. The van der Waals surface area contributed by atoms with Crippen molar-refractivity contribution in [3.05, 3.63) is 212 Å². The van der Waals surface area contributed by atoms with E-state index in [1.54, 1.807) is 48.5 Å². The summed E-state index contributed by atoms with van der Waals surface area (Å²) in [5, 5.41) is 44.3. The molecule has 60 heavy (non-hydrogen) atoms. The van der Waals surface area contributed by atoms with Crippen LogP contribution in [0.4, 0.5) is 0 Å². The lowest BCUT2D eigenvalue weighted by Crippen LogP contribution is -2.35. The molecule has 0 amide bonds. The van der Waals surface area contributed by atoms with Crippen molar-refractivity contribution in [1.29, 1.82) is 0 Å².